The van der Waals surface area contributed by atoms with Gasteiger partial charge in [-0.25, -0.2) is 9.78 Å². The fourth-order valence-corrected chi connectivity index (χ4v) is 2.54. The predicted molar refractivity (Wildman–Crippen MR) is 66.1 cm³/mol. The number of carboxylic acids is 1. The molecule has 2 rings (SSSR count). The number of methoxy groups -OCH3 is 1. The zero-order valence-corrected chi connectivity index (χ0v) is 10.4. The summed E-state index contributed by atoms with van der Waals surface area (Å²) in [6.07, 6.45) is 0. The molecule has 0 fully saturated rings. The minimum atomic E-state index is -1.06. The van der Waals surface area contributed by atoms with Gasteiger partial charge in [0.15, 0.2) is 5.69 Å². The SMILES string of the molecule is COc1cccc(Cl)c1-c1nc(C(=O)O)cs1. The maximum atomic E-state index is 10.8. The minimum Gasteiger partial charge on any atom is -0.496 e. The van der Waals surface area contributed by atoms with Crippen LogP contribution in [0, 0.1) is 0 Å². The van der Waals surface area contributed by atoms with E-state index < -0.39 is 5.97 Å². The third-order valence-electron chi connectivity index (χ3n) is 2.13. The molecule has 1 aromatic carbocycles. The second-order valence-electron chi connectivity index (χ2n) is 3.16. The number of hydrogen-bond acceptors (Lipinski definition) is 4. The van der Waals surface area contributed by atoms with Crippen LogP contribution >= 0.6 is 22.9 Å². The molecule has 0 aliphatic carbocycles. The Morgan fingerprint density at radius 1 is 1.53 bits per heavy atom. The summed E-state index contributed by atoms with van der Waals surface area (Å²) in [5.41, 5.74) is 0.626. The molecule has 0 amide bonds. The Labute approximate surface area is 106 Å². The van der Waals surface area contributed by atoms with Gasteiger partial charge in [-0.3, -0.25) is 0 Å². The van der Waals surface area contributed by atoms with Crippen LogP contribution in [0.4, 0.5) is 0 Å². The highest BCUT2D eigenvalue weighted by molar-refractivity contribution is 7.13. The third-order valence-corrected chi connectivity index (χ3v) is 3.31. The highest BCUT2D eigenvalue weighted by atomic mass is 35.5. The summed E-state index contributed by atoms with van der Waals surface area (Å²) in [6.45, 7) is 0. The Morgan fingerprint density at radius 2 is 2.29 bits per heavy atom. The van der Waals surface area contributed by atoms with E-state index in [9.17, 15) is 4.79 Å². The van der Waals surface area contributed by atoms with Crippen molar-refractivity contribution in [3.63, 3.8) is 0 Å². The van der Waals surface area contributed by atoms with Crippen LogP contribution in [0.5, 0.6) is 5.75 Å². The molecule has 0 saturated heterocycles. The van der Waals surface area contributed by atoms with E-state index in [1.54, 1.807) is 18.2 Å². The molecule has 2 aromatic rings. The van der Waals surface area contributed by atoms with E-state index in [1.165, 1.54) is 23.8 Å². The lowest BCUT2D eigenvalue weighted by Crippen LogP contribution is -1.96. The summed E-state index contributed by atoms with van der Waals surface area (Å²) in [6, 6.07) is 5.22. The fraction of sp³-hybridized carbons (Fsp3) is 0.0909. The van der Waals surface area contributed by atoms with Crippen molar-refractivity contribution < 1.29 is 14.6 Å². The van der Waals surface area contributed by atoms with Gasteiger partial charge in [0.1, 0.15) is 10.8 Å². The molecule has 1 N–H and O–H groups in total. The molecule has 0 spiro atoms. The van der Waals surface area contributed by atoms with Crippen molar-refractivity contribution in [3.8, 4) is 16.3 Å². The molecule has 0 radical (unpaired) electrons. The molecule has 0 atom stereocenters. The van der Waals surface area contributed by atoms with Crippen molar-refractivity contribution in [2.75, 3.05) is 7.11 Å². The summed E-state index contributed by atoms with van der Waals surface area (Å²) < 4.78 is 5.19. The maximum Gasteiger partial charge on any atom is 0.355 e. The maximum absolute atomic E-state index is 10.8. The van der Waals surface area contributed by atoms with Crippen molar-refractivity contribution in [2.24, 2.45) is 0 Å². The van der Waals surface area contributed by atoms with Gasteiger partial charge >= 0.3 is 5.97 Å². The van der Waals surface area contributed by atoms with Crippen LogP contribution in [0.25, 0.3) is 10.6 Å². The smallest absolute Gasteiger partial charge is 0.355 e. The van der Waals surface area contributed by atoms with Crippen molar-refractivity contribution in [1.82, 2.24) is 4.98 Å². The molecular weight excluding hydrogens is 262 g/mol. The average Bonchev–Trinajstić information content (AvgIpc) is 2.77. The zero-order chi connectivity index (χ0) is 12.4. The standard InChI is InChI=1S/C11H8ClNO3S/c1-16-8-4-2-3-6(12)9(8)10-13-7(5-17-10)11(14)15/h2-5H,1H3,(H,14,15). The van der Waals surface area contributed by atoms with Crippen molar-refractivity contribution in [2.45, 2.75) is 0 Å². The molecule has 6 heteroatoms. The third kappa shape index (κ3) is 2.25. The monoisotopic (exact) mass is 269 g/mol. The quantitative estimate of drug-likeness (QED) is 0.930. The first-order valence-corrected chi connectivity index (χ1v) is 5.91. The first-order valence-electron chi connectivity index (χ1n) is 4.65. The summed E-state index contributed by atoms with van der Waals surface area (Å²) in [5.74, 6) is -0.484. The van der Waals surface area contributed by atoms with E-state index in [2.05, 4.69) is 4.98 Å². The molecule has 0 aliphatic heterocycles. The van der Waals surface area contributed by atoms with Gasteiger partial charge in [-0.2, -0.15) is 0 Å². The minimum absolute atomic E-state index is 0.00646. The summed E-state index contributed by atoms with van der Waals surface area (Å²) in [5, 5.41) is 11.3. The van der Waals surface area contributed by atoms with E-state index in [0.29, 0.717) is 21.3 Å². The van der Waals surface area contributed by atoms with Crippen LogP contribution in [0.15, 0.2) is 23.6 Å². The highest BCUT2D eigenvalue weighted by Crippen LogP contribution is 2.37. The van der Waals surface area contributed by atoms with Gasteiger partial charge in [-0.15, -0.1) is 11.3 Å². The van der Waals surface area contributed by atoms with Crippen molar-refractivity contribution in [3.05, 3.63) is 34.3 Å². The van der Waals surface area contributed by atoms with Gasteiger partial charge in [0.25, 0.3) is 0 Å². The molecule has 4 nitrogen and oxygen atoms in total. The number of carbonyl (C=O) groups is 1. The van der Waals surface area contributed by atoms with E-state index in [0.717, 1.165) is 0 Å². The molecule has 17 heavy (non-hydrogen) atoms. The van der Waals surface area contributed by atoms with Crippen LogP contribution in [0.2, 0.25) is 5.02 Å². The Morgan fingerprint density at radius 3 is 2.88 bits per heavy atom. The molecule has 1 aromatic heterocycles. The van der Waals surface area contributed by atoms with E-state index in [4.69, 9.17) is 21.4 Å². The van der Waals surface area contributed by atoms with Crippen LogP contribution < -0.4 is 4.74 Å². The lowest BCUT2D eigenvalue weighted by molar-refractivity contribution is 0.0691. The van der Waals surface area contributed by atoms with Crippen LogP contribution in [-0.2, 0) is 0 Å². The van der Waals surface area contributed by atoms with Gasteiger partial charge in [0.05, 0.1) is 17.7 Å². The van der Waals surface area contributed by atoms with Crippen LogP contribution in [0.3, 0.4) is 0 Å². The van der Waals surface area contributed by atoms with E-state index in [1.807, 2.05) is 0 Å². The first-order chi connectivity index (χ1) is 8.13. The van der Waals surface area contributed by atoms with Gasteiger partial charge in [0, 0.05) is 5.38 Å². The Hall–Kier alpha value is -1.59. The number of nitrogens with zero attached hydrogens (tertiary/aromatic N) is 1. The number of benzene rings is 1. The van der Waals surface area contributed by atoms with Gasteiger partial charge in [-0.05, 0) is 12.1 Å². The number of aromatic nitrogens is 1. The topological polar surface area (TPSA) is 59.4 Å². The van der Waals surface area contributed by atoms with Crippen molar-refractivity contribution in [1.29, 1.82) is 0 Å². The largest absolute Gasteiger partial charge is 0.496 e. The number of rotatable bonds is 3. The number of hydrogen-bond donors (Lipinski definition) is 1. The lowest BCUT2D eigenvalue weighted by Gasteiger charge is -2.07. The molecule has 88 valence electrons. The van der Waals surface area contributed by atoms with Gasteiger partial charge in [0.2, 0.25) is 0 Å². The Balaban J connectivity index is 2.55. The normalized spacial score (nSPS) is 10.2. The fourth-order valence-electron chi connectivity index (χ4n) is 1.37. The number of aromatic carboxylic acids is 1. The first kappa shape index (κ1) is 11.9. The van der Waals surface area contributed by atoms with Crippen molar-refractivity contribution >= 4 is 28.9 Å². The molecule has 0 saturated carbocycles. The number of halogens is 1. The Kier molecular flexibility index (Phi) is 3.31. The van der Waals surface area contributed by atoms with Crippen LogP contribution in [-0.4, -0.2) is 23.2 Å². The summed E-state index contributed by atoms with van der Waals surface area (Å²) in [4.78, 5) is 14.8. The van der Waals surface area contributed by atoms with Gasteiger partial charge in [-0.1, -0.05) is 17.7 Å². The molecule has 0 aliphatic rings. The molecular formula is C11H8ClNO3S. The molecule has 1 heterocycles. The summed E-state index contributed by atoms with van der Waals surface area (Å²) in [7, 11) is 1.53. The van der Waals surface area contributed by atoms with E-state index in [-0.39, 0.29) is 5.69 Å². The average molecular weight is 270 g/mol. The zero-order valence-electron chi connectivity index (χ0n) is 8.81. The Bertz CT molecular complexity index is 568. The molecule has 0 bridgehead atoms. The van der Waals surface area contributed by atoms with E-state index >= 15 is 0 Å². The lowest BCUT2D eigenvalue weighted by atomic mass is 10.2. The molecule has 0 unspecified atom stereocenters. The second-order valence-corrected chi connectivity index (χ2v) is 4.43. The van der Waals surface area contributed by atoms with Crippen LogP contribution in [0.1, 0.15) is 10.5 Å². The summed E-state index contributed by atoms with van der Waals surface area (Å²) >= 11 is 7.29. The second kappa shape index (κ2) is 4.73. The highest BCUT2D eigenvalue weighted by Gasteiger charge is 2.16. The predicted octanol–water partition coefficient (Wildman–Crippen LogP) is 3.17. The number of ether oxygens (including phenoxy) is 1. The number of carboxylic acid groups (broad SMARTS) is 1. The number of thiazole rings is 1. The van der Waals surface area contributed by atoms with Gasteiger partial charge < -0.3 is 9.84 Å².